The average molecular weight is 458 g/mol. The third-order valence-corrected chi connectivity index (χ3v) is 5.87. The molecule has 1 unspecified atom stereocenters. The fourth-order valence-electron chi connectivity index (χ4n) is 2.84. The summed E-state index contributed by atoms with van der Waals surface area (Å²) >= 11 is 3.84. The normalized spacial score (nSPS) is 20.4. The molecular formula is C16H15IN2O4S. The fraction of sp³-hybridized carbons (Fsp3) is 0.375. The predicted octanol–water partition coefficient (Wildman–Crippen LogP) is 2.01. The van der Waals surface area contributed by atoms with Gasteiger partial charge in [-0.15, -0.1) is 11.8 Å². The van der Waals surface area contributed by atoms with E-state index < -0.39 is 23.8 Å². The van der Waals surface area contributed by atoms with E-state index in [1.54, 1.807) is 23.9 Å². The highest BCUT2D eigenvalue weighted by Gasteiger charge is 2.45. The summed E-state index contributed by atoms with van der Waals surface area (Å²) in [5.74, 6) is -0.995. The third kappa shape index (κ3) is 3.08. The number of amides is 4. The van der Waals surface area contributed by atoms with Gasteiger partial charge in [0.2, 0.25) is 11.8 Å². The lowest BCUT2D eigenvalue weighted by Crippen LogP contribution is -2.54. The zero-order valence-corrected chi connectivity index (χ0v) is 15.7. The van der Waals surface area contributed by atoms with Gasteiger partial charge in [-0.2, -0.15) is 0 Å². The highest BCUT2D eigenvalue weighted by atomic mass is 127. The van der Waals surface area contributed by atoms with E-state index in [0.29, 0.717) is 11.1 Å². The van der Waals surface area contributed by atoms with Crippen molar-refractivity contribution in [2.45, 2.75) is 30.2 Å². The zero-order valence-electron chi connectivity index (χ0n) is 12.7. The maximum absolute atomic E-state index is 12.8. The van der Waals surface area contributed by atoms with Gasteiger partial charge in [-0.3, -0.25) is 29.4 Å². The molecule has 1 atom stereocenters. The summed E-state index contributed by atoms with van der Waals surface area (Å²) in [5.41, 5.74) is 0.717. The van der Waals surface area contributed by atoms with Crippen molar-refractivity contribution < 1.29 is 19.2 Å². The molecule has 0 saturated carbocycles. The molecule has 2 heterocycles. The fourth-order valence-corrected chi connectivity index (χ4v) is 4.76. The van der Waals surface area contributed by atoms with E-state index in [1.165, 1.54) is 0 Å². The van der Waals surface area contributed by atoms with Gasteiger partial charge in [0, 0.05) is 15.7 Å². The summed E-state index contributed by atoms with van der Waals surface area (Å²) in [6.45, 7) is 0. The number of fused-ring (bicyclic) bond motifs is 1. The quantitative estimate of drug-likeness (QED) is 0.240. The van der Waals surface area contributed by atoms with E-state index in [0.717, 1.165) is 26.4 Å². The SMILES string of the molecule is O=C1CCC(N2C(=O)c3cccc(SCCCI)c3C2=O)C(=O)N1. The molecule has 2 aliphatic rings. The second-order valence-corrected chi connectivity index (χ2v) is 7.73. The maximum atomic E-state index is 12.8. The second-order valence-electron chi connectivity index (χ2n) is 5.52. The number of imide groups is 2. The Hall–Kier alpha value is -1.42. The van der Waals surface area contributed by atoms with E-state index in [1.807, 2.05) is 6.07 Å². The molecule has 2 aliphatic heterocycles. The predicted molar refractivity (Wildman–Crippen MR) is 97.3 cm³/mol. The van der Waals surface area contributed by atoms with Gasteiger partial charge in [-0.05, 0) is 30.7 Å². The Morgan fingerprint density at radius 3 is 2.71 bits per heavy atom. The molecule has 6 nitrogen and oxygen atoms in total. The Kier molecular flexibility index (Phi) is 5.24. The van der Waals surface area contributed by atoms with Crippen LogP contribution in [-0.4, -0.2) is 44.8 Å². The lowest BCUT2D eigenvalue weighted by atomic mass is 10.0. The second kappa shape index (κ2) is 7.22. The van der Waals surface area contributed by atoms with Crippen molar-refractivity contribution in [3.05, 3.63) is 29.3 Å². The third-order valence-electron chi connectivity index (χ3n) is 3.97. The van der Waals surface area contributed by atoms with Gasteiger partial charge in [0.05, 0.1) is 11.1 Å². The Morgan fingerprint density at radius 2 is 2.00 bits per heavy atom. The van der Waals surface area contributed by atoms with Crippen LogP contribution in [0.2, 0.25) is 0 Å². The molecule has 3 rings (SSSR count). The van der Waals surface area contributed by atoms with Gasteiger partial charge in [-0.25, -0.2) is 0 Å². The van der Waals surface area contributed by atoms with Crippen LogP contribution in [0.1, 0.15) is 40.0 Å². The summed E-state index contributed by atoms with van der Waals surface area (Å²) in [6, 6.07) is 4.28. The van der Waals surface area contributed by atoms with E-state index in [9.17, 15) is 19.2 Å². The Bertz CT molecular complexity index is 737. The number of nitrogens with zero attached hydrogens (tertiary/aromatic N) is 1. The van der Waals surface area contributed by atoms with Crippen molar-refractivity contribution in [3.63, 3.8) is 0 Å². The van der Waals surface area contributed by atoms with Crippen molar-refractivity contribution in [1.29, 1.82) is 0 Å². The Morgan fingerprint density at radius 1 is 1.21 bits per heavy atom. The van der Waals surface area contributed by atoms with E-state index in [2.05, 4.69) is 27.9 Å². The molecule has 0 bridgehead atoms. The number of alkyl halides is 1. The van der Waals surface area contributed by atoms with Crippen LogP contribution in [0, 0.1) is 0 Å². The first-order valence-electron chi connectivity index (χ1n) is 7.58. The molecule has 0 aromatic heterocycles. The van der Waals surface area contributed by atoms with Crippen LogP contribution in [0.4, 0.5) is 0 Å². The number of hydrogen-bond donors (Lipinski definition) is 1. The molecule has 126 valence electrons. The highest BCUT2D eigenvalue weighted by Crippen LogP contribution is 2.34. The van der Waals surface area contributed by atoms with E-state index >= 15 is 0 Å². The van der Waals surface area contributed by atoms with Crippen molar-refractivity contribution in [1.82, 2.24) is 10.2 Å². The topological polar surface area (TPSA) is 83.6 Å². The molecule has 4 amide bonds. The monoisotopic (exact) mass is 458 g/mol. The van der Waals surface area contributed by atoms with Gasteiger partial charge in [0.25, 0.3) is 11.8 Å². The number of nitrogens with one attached hydrogen (secondary N) is 1. The van der Waals surface area contributed by atoms with E-state index in [4.69, 9.17) is 0 Å². The summed E-state index contributed by atoms with van der Waals surface area (Å²) in [7, 11) is 0. The molecule has 0 aliphatic carbocycles. The van der Waals surface area contributed by atoms with Crippen LogP contribution < -0.4 is 5.32 Å². The minimum atomic E-state index is -0.915. The smallest absolute Gasteiger partial charge is 0.263 e. The number of halogens is 1. The molecule has 24 heavy (non-hydrogen) atoms. The molecule has 1 aromatic carbocycles. The molecule has 1 N–H and O–H groups in total. The van der Waals surface area contributed by atoms with Crippen molar-refractivity contribution in [2.24, 2.45) is 0 Å². The summed E-state index contributed by atoms with van der Waals surface area (Å²) < 4.78 is 1.02. The van der Waals surface area contributed by atoms with Crippen LogP contribution in [0.25, 0.3) is 0 Å². The summed E-state index contributed by atoms with van der Waals surface area (Å²) in [6.07, 6.45) is 1.31. The van der Waals surface area contributed by atoms with Crippen molar-refractivity contribution in [2.75, 3.05) is 10.2 Å². The van der Waals surface area contributed by atoms with Gasteiger partial charge in [0.15, 0.2) is 0 Å². The molecular weight excluding hydrogens is 443 g/mol. The van der Waals surface area contributed by atoms with Crippen LogP contribution in [-0.2, 0) is 9.59 Å². The van der Waals surface area contributed by atoms with Crippen molar-refractivity contribution in [3.8, 4) is 0 Å². The first kappa shape index (κ1) is 17.4. The molecule has 0 spiro atoms. The highest BCUT2D eigenvalue weighted by molar-refractivity contribution is 14.1. The van der Waals surface area contributed by atoms with Crippen molar-refractivity contribution >= 4 is 58.0 Å². The molecule has 1 aromatic rings. The summed E-state index contributed by atoms with van der Waals surface area (Å²) in [5, 5.41) is 2.20. The maximum Gasteiger partial charge on any atom is 0.263 e. The molecule has 1 fully saturated rings. The van der Waals surface area contributed by atoms with Crippen LogP contribution >= 0.6 is 34.4 Å². The number of thioether (sulfide) groups is 1. The van der Waals surface area contributed by atoms with E-state index in [-0.39, 0.29) is 18.7 Å². The molecule has 1 saturated heterocycles. The molecule has 8 heteroatoms. The number of carbonyl (C=O) groups is 4. The Labute approximate surface area is 156 Å². The number of rotatable bonds is 5. The average Bonchev–Trinajstić information content (AvgIpc) is 2.81. The van der Waals surface area contributed by atoms with Crippen LogP contribution in [0.5, 0.6) is 0 Å². The lowest BCUT2D eigenvalue weighted by molar-refractivity contribution is -0.136. The van der Waals surface area contributed by atoms with Gasteiger partial charge < -0.3 is 0 Å². The number of piperidine rings is 1. The first-order valence-corrected chi connectivity index (χ1v) is 10.1. The first-order chi connectivity index (χ1) is 11.5. The zero-order chi connectivity index (χ0) is 17.3. The largest absolute Gasteiger partial charge is 0.295 e. The minimum Gasteiger partial charge on any atom is -0.295 e. The number of benzene rings is 1. The van der Waals surface area contributed by atoms with Gasteiger partial charge in [0.1, 0.15) is 6.04 Å². The standard InChI is InChI=1S/C16H15IN2O4S/c17-7-2-8-24-11-4-1-3-9-13(11)16(23)19(15(9)22)10-5-6-12(20)18-14(10)21/h1,3-4,10H,2,5-8H2,(H,18,20,21). The summed E-state index contributed by atoms with van der Waals surface area (Å²) in [4.78, 5) is 50.6. The van der Waals surface area contributed by atoms with Crippen LogP contribution in [0.15, 0.2) is 23.1 Å². The number of hydrogen-bond acceptors (Lipinski definition) is 5. The van der Waals surface area contributed by atoms with Gasteiger partial charge >= 0.3 is 0 Å². The minimum absolute atomic E-state index is 0.126. The van der Waals surface area contributed by atoms with Crippen LogP contribution in [0.3, 0.4) is 0 Å². The molecule has 0 radical (unpaired) electrons. The Balaban J connectivity index is 1.89. The van der Waals surface area contributed by atoms with Gasteiger partial charge in [-0.1, -0.05) is 28.7 Å². The number of carbonyl (C=O) groups excluding carboxylic acids is 4. The lowest BCUT2D eigenvalue weighted by Gasteiger charge is -2.27.